The van der Waals surface area contributed by atoms with Crippen LogP contribution in [0.25, 0.3) is 0 Å². The van der Waals surface area contributed by atoms with Crippen LogP contribution in [0.2, 0.25) is 0 Å². The van der Waals surface area contributed by atoms with Crippen LogP contribution in [0.4, 0.5) is 13.2 Å². The molecule has 0 radical (unpaired) electrons. The predicted molar refractivity (Wildman–Crippen MR) is 44.3 cm³/mol. The number of hydrogen-bond acceptors (Lipinski definition) is 3. The highest BCUT2D eigenvalue weighted by Gasteiger charge is 2.44. The second-order valence-electron chi connectivity index (χ2n) is 3.33. The zero-order valence-electron chi connectivity index (χ0n) is 7.86. The maximum Gasteiger partial charge on any atom is 0.425 e. The van der Waals surface area contributed by atoms with Gasteiger partial charge in [-0.05, 0) is 0 Å². The first kappa shape index (κ1) is 10.8. The van der Waals surface area contributed by atoms with Crippen LogP contribution < -0.4 is 4.74 Å². The van der Waals surface area contributed by atoms with Crippen LogP contribution in [0.1, 0.15) is 16.9 Å². The van der Waals surface area contributed by atoms with Gasteiger partial charge in [-0.2, -0.15) is 13.2 Å². The molecule has 0 bridgehead atoms. The molecule has 0 saturated heterocycles. The lowest BCUT2D eigenvalue weighted by molar-refractivity contribution is -0.202. The predicted octanol–water partition coefficient (Wildman–Crippen LogP) is 1.29. The summed E-state index contributed by atoms with van der Waals surface area (Å²) in [6, 6.07) is 0. The largest absolute Gasteiger partial charge is 0.476 e. The van der Waals surface area contributed by atoms with E-state index in [-0.39, 0.29) is 18.8 Å². The molecule has 0 saturated carbocycles. The monoisotopic (exact) mass is 236 g/mol. The van der Waals surface area contributed by atoms with E-state index in [0.717, 1.165) is 6.33 Å². The van der Waals surface area contributed by atoms with Gasteiger partial charge in [0.25, 0.3) is 0 Å². The van der Waals surface area contributed by atoms with Crippen molar-refractivity contribution in [3.63, 3.8) is 0 Å². The van der Waals surface area contributed by atoms with Crippen LogP contribution >= 0.6 is 0 Å². The number of carboxylic acid groups (broad SMARTS) is 1. The van der Waals surface area contributed by atoms with Gasteiger partial charge in [-0.3, -0.25) is 0 Å². The smallest absolute Gasteiger partial charge is 0.425 e. The number of imidazole rings is 1. The van der Waals surface area contributed by atoms with Crippen LogP contribution in [0.5, 0.6) is 5.88 Å². The van der Waals surface area contributed by atoms with Crippen LogP contribution in [0.15, 0.2) is 6.33 Å². The quantitative estimate of drug-likeness (QED) is 0.798. The van der Waals surface area contributed by atoms with Gasteiger partial charge in [-0.25, -0.2) is 9.78 Å². The molecule has 2 heterocycles. The van der Waals surface area contributed by atoms with Crippen molar-refractivity contribution in [2.75, 3.05) is 0 Å². The summed E-state index contributed by atoms with van der Waals surface area (Å²) < 4.78 is 43.0. The molecule has 0 amide bonds. The maximum atomic E-state index is 12.4. The molecule has 0 aliphatic carbocycles. The molecule has 2 rings (SSSR count). The van der Waals surface area contributed by atoms with Gasteiger partial charge < -0.3 is 14.4 Å². The number of rotatable bonds is 1. The molecule has 0 spiro atoms. The highest BCUT2D eigenvalue weighted by atomic mass is 19.4. The van der Waals surface area contributed by atoms with Gasteiger partial charge in [-0.15, -0.1) is 0 Å². The zero-order chi connectivity index (χ0) is 11.9. The lowest BCUT2D eigenvalue weighted by Gasteiger charge is -2.26. The van der Waals surface area contributed by atoms with Gasteiger partial charge in [0.15, 0.2) is 6.10 Å². The molecule has 8 heteroatoms. The second-order valence-corrected chi connectivity index (χ2v) is 3.33. The average molecular weight is 236 g/mol. The number of alkyl halides is 3. The molecule has 16 heavy (non-hydrogen) atoms. The van der Waals surface area contributed by atoms with Crippen LogP contribution in [-0.2, 0) is 6.54 Å². The van der Waals surface area contributed by atoms with Gasteiger partial charge in [0, 0.05) is 13.0 Å². The number of hydrogen-bond donors (Lipinski definition) is 1. The number of ether oxygens (including phenoxy) is 1. The van der Waals surface area contributed by atoms with Crippen molar-refractivity contribution in [1.82, 2.24) is 9.55 Å². The number of aryl methyl sites for hydroxylation is 1. The molecular formula is C8H7F3N2O3. The normalized spacial score (nSPS) is 20.1. The Hall–Kier alpha value is -1.73. The number of fused-ring (bicyclic) bond motifs is 1. The zero-order valence-corrected chi connectivity index (χ0v) is 7.86. The van der Waals surface area contributed by atoms with Crippen molar-refractivity contribution >= 4 is 5.97 Å². The number of halogens is 3. The van der Waals surface area contributed by atoms with Crippen molar-refractivity contribution in [3.8, 4) is 5.88 Å². The molecule has 1 atom stereocenters. The van der Waals surface area contributed by atoms with E-state index >= 15 is 0 Å². The summed E-state index contributed by atoms with van der Waals surface area (Å²) >= 11 is 0. The fraction of sp³-hybridized carbons (Fsp3) is 0.500. The molecule has 1 unspecified atom stereocenters. The number of nitrogens with zero attached hydrogens (tertiary/aromatic N) is 2. The minimum absolute atomic E-state index is 0.0415. The van der Waals surface area contributed by atoms with E-state index in [4.69, 9.17) is 5.11 Å². The fourth-order valence-electron chi connectivity index (χ4n) is 1.48. The van der Waals surface area contributed by atoms with E-state index in [0.29, 0.717) is 0 Å². The highest BCUT2D eigenvalue weighted by Crippen LogP contribution is 2.33. The van der Waals surface area contributed by atoms with Gasteiger partial charge in [0.05, 0.1) is 6.33 Å². The molecular weight excluding hydrogens is 229 g/mol. The SMILES string of the molecule is O=C(O)c1ncn2c1OC(C(F)(F)F)CC2. The van der Waals surface area contributed by atoms with E-state index in [1.54, 1.807) is 0 Å². The van der Waals surface area contributed by atoms with Gasteiger partial charge >= 0.3 is 12.1 Å². The van der Waals surface area contributed by atoms with Crippen molar-refractivity contribution < 1.29 is 27.8 Å². The van der Waals surface area contributed by atoms with Crippen LogP contribution in [0, 0.1) is 0 Å². The van der Waals surface area contributed by atoms with E-state index in [9.17, 15) is 18.0 Å². The third-order valence-corrected chi connectivity index (χ3v) is 2.24. The Balaban J connectivity index is 2.31. The van der Waals surface area contributed by atoms with Gasteiger partial charge in [-0.1, -0.05) is 0 Å². The minimum atomic E-state index is -4.49. The lowest BCUT2D eigenvalue weighted by Crippen LogP contribution is -2.39. The summed E-state index contributed by atoms with van der Waals surface area (Å²) in [4.78, 5) is 14.1. The Labute approximate surface area is 87.5 Å². The number of aromatic carboxylic acids is 1. The summed E-state index contributed by atoms with van der Waals surface area (Å²) in [6.45, 7) is 0.0415. The van der Waals surface area contributed by atoms with Gasteiger partial charge in [0.1, 0.15) is 0 Å². The van der Waals surface area contributed by atoms with Crippen LogP contribution in [-0.4, -0.2) is 32.9 Å². The first-order chi connectivity index (χ1) is 7.39. The van der Waals surface area contributed by atoms with Crippen LogP contribution in [0.3, 0.4) is 0 Å². The highest BCUT2D eigenvalue weighted by molar-refractivity contribution is 5.88. The van der Waals surface area contributed by atoms with E-state index in [2.05, 4.69) is 9.72 Å². The average Bonchev–Trinajstić information content (AvgIpc) is 2.58. The number of carbonyl (C=O) groups is 1. The minimum Gasteiger partial charge on any atom is -0.476 e. The summed E-state index contributed by atoms with van der Waals surface area (Å²) in [5, 5.41) is 8.68. The Morgan fingerprint density at radius 1 is 1.62 bits per heavy atom. The summed E-state index contributed by atoms with van der Waals surface area (Å²) in [6.07, 6.45) is -5.54. The third-order valence-electron chi connectivity index (χ3n) is 2.24. The van der Waals surface area contributed by atoms with Crippen molar-refractivity contribution in [1.29, 1.82) is 0 Å². The summed E-state index contributed by atoms with van der Waals surface area (Å²) in [5.41, 5.74) is -0.492. The molecule has 0 fully saturated rings. The molecule has 5 nitrogen and oxygen atoms in total. The molecule has 1 aliphatic rings. The number of aromatic nitrogens is 2. The van der Waals surface area contributed by atoms with Crippen molar-refractivity contribution in [3.05, 3.63) is 12.0 Å². The molecule has 1 N–H and O–H groups in total. The Morgan fingerprint density at radius 2 is 2.31 bits per heavy atom. The standard InChI is InChI=1S/C8H7F3N2O3/c9-8(10,11)4-1-2-13-3-12-5(7(14)15)6(13)16-4/h3-4H,1-2H2,(H,14,15). The maximum absolute atomic E-state index is 12.4. The fourth-order valence-corrected chi connectivity index (χ4v) is 1.48. The topological polar surface area (TPSA) is 64.3 Å². The Kier molecular flexibility index (Phi) is 2.28. The molecule has 1 aromatic heterocycles. The summed E-state index contributed by atoms with van der Waals surface area (Å²) in [7, 11) is 0. The van der Waals surface area contributed by atoms with E-state index in [1.165, 1.54) is 4.57 Å². The Bertz CT molecular complexity index is 427. The molecule has 1 aromatic rings. The lowest BCUT2D eigenvalue weighted by atomic mass is 10.2. The number of carboxylic acids is 1. The first-order valence-corrected chi connectivity index (χ1v) is 4.41. The van der Waals surface area contributed by atoms with Crippen molar-refractivity contribution in [2.45, 2.75) is 25.2 Å². The van der Waals surface area contributed by atoms with Gasteiger partial charge in [0.2, 0.25) is 11.6 Å². The molecule has 0 aromatic carbocycles. The first-order valence-electron chi connectivity index (χ1n) is 4.41. The Morgan fingerprint density at radius 3 is 2.88 bits per heavy atom. The molecule has 88 valence electrons. The second kappa shape index (κ2) is 3.39. The van der Waals surface area contributed by atoms with E-state index in [1.807, 2.05) is 0 Å². The molecule has 1 aliphatic heterocycles. The van der Waals surface area contributed by atoms with Crippen molar-refractivity contribution in [2.24, 2.45) is 0 Å². The summed E-state index contributed by atoms with van der Waals surface area (Å²) in [5.74, 6) is -1.74. The third kappa shape index (κ3) is 1.70. The van der Waals surface area contributed by atoms with E-state index < -0.39 is 23.9 Å².